The summed E-state index contributed by atoms with van der Waals surface area (Å²) in [5, 5.41) is 4.20. The van der Waals surface area contributed by atoms with Crippen molar-refractivity contribution in [2.45, 2.75) is 25.5 Å². The number of hydrogen-bond acceptors (Lipinski definition) is 4. The third kappa shape index (κ3) is 3.01. The lowest BCUT2D eigenvalue weighted by molar-refractivity contribution is 0.0668. The number of methoxy groups -OCH3 is 1. The molecule has 0 radical (unpaired) electrons. The topological polar surface area (TPSA) is 60.2 Å². The monoisotopic (exact) mass is 300 g/mol. The number of piperidine rings is 1. The second kappa shape index (κ2) is 6.70. The predicted octanol–water partition coefficient (Wildman–Crippen LogP) is 1.90. The first-order valence-electron chi connectivity index (χ1n) is 7.50. The Hall–Kier alpha value is -2.21. The first-order chi connectivity index (χ1) is 10.8. The van der Waals surface area contributed by atoms with Gasteiger partial charge >= 0.3 is 0 Å². The Morgan fingerprint density at radius 3 is 3.05 bits per heavy atom. The predicted molar refractivity (Wildman–Crippen MR) is 81.4 cm³/mol. The van der Waals surface area contributed by atoms with E-state index in [0.717, 1.165) is 30.5 Å². The summed E-state index contributed by atoms with van der Waals surface area (Å²) >= 11 is 0. The van der Waals surface area contributed by atoms with E-state index < -0.39 is 0 Å². The van der Waals surface area contributed by atoms with E-state index in [1.807, 2.05) is 33.8 Å². The van der Waals surface area contributed by atoms with Gasteiger partial charge < -0.3 is 9.64 Å². The van der Waals surface area contributed by atoms with E-state index in [0.29, 0.717) is 13.2 Å². The van der Waals surface area contributed by atoms with E-state index in [1.165, 1.54) is 6.33 Å². The first kappa shape index (κ1) is 14.7. The maximum atomic E-state index is 12.8. The number of nitrogens with zero attached hydrogens (tertiary/aromatic N) is 4. The smallest absolute Gasteiger partial charge is 0.254 e. The summed E-state index contributed by atoms with van der Waals surface area (Å²) in [4.78, 5) is 18.7. The van der Waals surface area contributed by atoms with Crippen LogP contribution < -0.4 is 0 Å². The van der Waals surface area contributed by atoms with Gasteiger partial charge in [-0.15, -0.1) is 0 Å². The van der Waals surface area contributed by atoms with E-state index in [1.54, 1.807) is 13.4 Å². The van der Waals surface area contributed by atoms with Crippen LogP contribution in [-0.4, -0.2) is 45.8 Å². The zero-order valence-corrected chi connectivity index (χ0v) is 12.7. The number of amides is 1. The largest absolute Gasteiger partial charge is 0.380 e. The molecule has 0 N–H and O–H groups in total. The van der Waals surface area contributed by atoms with Gasteiger partial charge in [-0.3, -0.25) is 4.79 Å². The van der Waals surface area contributed by atoms with Crippen LogP contribution in [0.25, 0.3) is 0 Å². The number of hydrogen-bond donors (Lipinski definition) is 0. The third-order valence-electron chi connectivity index (χ3n) is 4.04. The van der Waals surface area contributed by atoms with Crippen molar-refractivity contribution in [3.8, 4) is 0 Å². The highest BCUT2D eigenvalue weighted by Crippen LogP contribution is 2.23. The minimum atomic E-state index is 0.0671. The second-order valence-electron chi connectivity index (χ2n) is 5.51. The Kier molecular flexibility index (Phi) is 4.48. The average Bonchev–Trinajstić information content (AvgIpc) is 3.10. The van der Waals surface area contributed by atoms with Gasteiger partial charge in [-0.05, 0) is 24.5 Å². The van der Waals surface area contributed by atoms with Crippen molar-refractivity contribution in [1.82, 2.24) is 19.7 Å². The molecule has 22 heavy (non-hydrogen) atoms. The molecule has 6 nitrogen and oxygen atoms in total. The van der Waals surface area contributed by atoms with E-state index >= 15 is 0 Å². The molecular weight excluding hydrogens is 280 g/mol. The van der Waals surface area contributed by atoms with Crippen LogP contribution in [0.4, 0.5) is 0 Å². The molecule has 1 unspecified atom stereocenters. The summed E-state index contributed by atoms with van der Waals surface area (Å²) in [6.45, 7) is 1.90. The molecule has 0 bridgehead atoms. The van der Waals surface area contributed by atoms with Crippen LogP contribution >= 0.6 is 0 Å². The van der Waals surface area contributed by atoms with Gasteiger partial charge in [-0.1, -0.05) is 18.2 Å². The Labute approximate surface area is 129 Å². The van der Waals surface area contributed by atoms with Crippen molar-refractivity contribution in [2.24, 2.45) is 0 Å². The molecule has 1 aromatic heterocycles. The molecule has 6 heteroatoms. The Morgan fingerprint density at radius 1 is 1.41 bits per heavy atom. The molecule has 1 aliphatic rings. The van der Waals surface area contributed by atoms with Gasteiger partial charge in [0.25, 0.3) is 5.91 Å². The summed E-state index contributed by atoms with van der Waals surface area (Å²) < 4.78 is 7.04. The SMILES string of the molecule is COCc1ccccc1C(=O)N1CCCC(n2cncn2)C1. The molecule has 1 aromatic carbocycles. The van der Waals surface area contributed by atoms with Crippen LogP contribution in [0.2, 0.25) is 0 Å². The number of ether oxygens (including phenoxy) is 1. The van der Waals surface area contributed by atoms with E-state index in [4.69, 9.17) is 4.74 Å². The lowest BCUT2D eigenvalue weighted by Crippen LogP contribution is -2.41. The molecule has 2 aromatic rings. The number of carbonyl (C=O) groups excluding carboxylic acids is 1. The Morgan fingerprint density at radius 2 is 2.27 bits per heavy atom. The molecule has 1 amide bonds. The fourth-order valence-electron chi connectivity index (χ4n) is 2.94. The van der Waals surface area contributed by atoms with Crippen LogP contribution in [0.1, 0.15) is 34.8 Å². The summed E-state index contributed by atoms with van der Waals surface area (Å²) in [6, 6.07) is 7.84. The van der Waals surface area contributed by atoms with E-state index in [9.17, 15) is 4.79 Å². The van der Waals surface area contributed by atoms with E-state index in [-0.39, 0.29) is 11.9 Å². The molecule has 0 saturated carbocycles. The van der Waals surface area contributed by atoms with Gasteiger partial charge in [0.05, 0.1) is 12.6 Å². The third-order valence-corrected chi connectivity index (χ3v) is 4.04. The quantitative estimate of drug-likeness (QED) is 0.865. The van der Waals surface area contributed by atoms with Crippen molar-refractivity contribution in [2.75, 3.05) is 20.2 Å². The number of benzene rings is 1. The molecule has 3 rings (SSSR count). The maximum Gasteiger partial charge on any atom is 0.254 e. The fourth-order valence-corrected chi connectivity index (χ4v) is 2.94. The van der Waals surface area contributed by atoms with Crippen molar-refractivity contribution in [3.05, 3.63) is 48.0 Å². The van der Waals surface area contributed by atoms with Crippen LogP contribution in [0, 0.1) is 0 Å². The molecule has 116 valence electrons. The lowest BCUT2D eigenvalue weighted by Gasteiger charge is -2.33. The molecule has 1 saturated heterocycles. The Balaban J connectivity index is 1.77. The minimum absolute atomic E-state index is 0.0671. The fraction of sp³-hybridized carbons (Fsp3) is 0.438. The summed E-state index contributed by atoms with van der Waals surface area (Å²) in [5.74, 6) is 0.0671. The van der Waals surface area contributed by atoms with Gasteiger partial charge in [0.1, 0.15) is 12.7 Å². The number of rotatable bonds is 4. The summed E-state index contributed by atoms with van der Waals surface area (Å²) in [6.07, 6.45) is 5.25. The highest BCUT2D eigenvalue weighted by atomic mass is 16.5. The summed E-state index contributed by atoms with van der Waals surface area (Å²) in [5.41, 5.74) is 1.65. The zero-order chi connectivity index (χ0) is 15.4. The van der Waals surface area contributed by atoms with E-state index in [2.05, 4.69) is 10.1 Å². The van der Waals surface area contributed by atoms with Gasteiger partial charge in [0.15, 0.2) is 0 Å². The van der Waals surface area contributed by atoms with Crippen LogP contribution in [-0.2, 0) is 11.3 Å². The van der Waals surface area contributed by atoms with Crippen molar-refractivity contribution >= 4 is 5.91 Å². The second-order valence-corrected chi connectivity index (χ2v) is 5.51. The van der Waals surface area contributed by atoms with Gasteiger partial charge in [-0.2, -0.15) is 5.10 Å². The molecule has 0 aliphatic carbocycles. The maximum absolute atomic E-state index is 12.8. The average molecular weight is 300 g/mol. The number of carbonyl (C=O) groups is 1. The minimum Gasteiger partial charge on any atom is -0.380 e. The van der Waals surface area contributed by atoms with Crippen molar-refractivity contribution in [3.63, 3.8) is 0 Å². The van der Waals surface area contributed by atoms with Gasteiger partial charge in [-0.25, -0.2) is 9.67 Å². The molecule has 1 fully saturated rings. The van der Waals surface area contributed by atoms with Crippen molar-refractivity contribution in [1.29, 1.82) is 0 Å². The standard InChI is InChI=1S/C16H20N4O2/c1-22-10-13-5-2-3-7-15(13)16(21)19-8-4-6-14(9-19)20-12-17-11-18-20/h2-3,5,7,11-12,14H,4,6,8-10H2,1H3. The normalized spacial score (nSPS) is 18.4. The van der Waals surface area contributed by atoms with Crippen LogP contribution in [0.15, 0.2) is 36.9 Å². The molecule has 2 heterocycles. The highest BCUT2D eigenvalue weighted by molar-refractivity contribution is 5.95. The first-order valence-corrected chi connectivity index (χ1v) is 7.50. The molecule has 0 spiro atoms. The van der Waals surface area contributed by atoms with Gasteiger partial charge in [0.2, 0.25) is 0 Å². The molecular formula is C16H20N4O2. The van der Waals surface area contributed by atoms with Crippen LogP contribution in [0.3, 0.4) is 0 Å². The van der Waals surface area contributed by atoms with Gasteiger partial charge in [0, 0.05) is 25.8 Å². The molecule has 1 atom stereocenters. The lowest BCUT2D eigenvalue weighted by atomic mass is 10.0. The Bertz CT molecular complexity index is 627. The van der Waals surface area contributed by atoms with Crippen molar-refractivity contribution < 1.29 is 9.53 Å². The number of aromatic nitrogens is 3. The summed E-state index contributed by atoms with van der Waals surface area (Å²) in [7, 11) is 1.64. The highest BCUT2D eigenvalue weighted by Gasteiger charge is 2.26. The molecule has 1 aliphatic heterocycles. The van der Waals surface area contributed by atoms with Crippen LogP contribution in [0.5, 0.6) is 0 Å². The zero-order valence-electron chi connectivity index (χ0n) is 12.7. The number of likely N-dealkylation sites (tertiary alicyclic amines) is 1.